The van der Waals surface area contributed by atoms with E-state index in [0.29, 0.717) is 32.4 Å². The van der Waals surface area contributed by atoms with E-state index in [1.54, 1.807) is 7.11 Å². The molecule has 0 aliphatic heterocycles. The minimum Gasteiger partial charge on any atom is -0.393 e. The molecule has 2 atom stereocenters. The second-order valence-corrected chi connectivity index (χ2v) is 3.88. The van der Waals surface area contributed by atoms with Gasteiger partial charge >= 0.3 is 0 Å². The van der Waals surface area contributed by atoms with Crippen LogP contribution in [0.25, 0.3) is 0 Å². The Balaban J connectivity index is 3.55. The average molecular weight is 232 g/mol. The van der Waals surface area contributed by atoms with Crippen LogP contribution >= 0.6 is 0 Å². The highest BCUT2D eigenvalue weighted by atomic mass is 16.5. The molecule has 0 aromatic carbocycles. The quantitative estimate of drug-likeness (QED) is 0.489. The Morgan fingerprint density at radius 2 is 2.19 bits per heavy atom. The molecule has 96 valence electrons. The van der Waals surface area contributed by atoms with E-state index in [9.17, 15) is 9.90 Å². The monoisotopic (exact) mass is 232 g/mol. The average Bonchev–Trinajstić information content (AvgIpc) is 2.28. The fourth-order valence-corrected chi connectivity index (χ4v) is 1.28. The Morgan fingerprint density at radius 1 is 1.50 bits per heavy atom. The van der Waals surface area contributed by atoms with Crippen LogP contribution < -0.4 is 11.1 Å². The fraction of sp³-hybridized carbons (Fsp3) is 0.909. The lowest BCUT2D eigenvalue weighted by molar-refractivity contribution is -0.122. The van der Waals surface area contributed by atoms with Gasteiger partial charge in [0.2, 0.25) is 5.91 Å². The van der Waals surface area contributed by atoms with Gasteiger partial charge in [0.05, 0.1) is 12.1 Å². The number of hydrogen-bond donors (Lipinski definition) is 3. The summed E-state index contributed by atoms with van der Waals surface area (Å²) in [5.41, 5.74) is 5.68. The molecule has 0 aromatic rings. The van der Waals surface area contributed by atoms with E-state index in [1.807, 2.05) is 6.92 Å². The number of rotatable bonds is 9. The first kappa shape index (κ1) is 15.3. The number of ether oxygens (including phenoxy) is 1. The van der Waals surface area contributed by atoms with Crippen LogP contribution in [0, 0.1) is 0 Å². The molecule has 0 heterocycles. The maximum Gasteiger partial charge on any atom is 0.236 e. The first-order chi connectivity index (χ1) is 7.61. The number of carbonyl (C=O) groups excluding carboxylic acids is 1. The van der Waals surface area contributed by atoms with E-state index < -0.39 is 6.04 Å². The molecule has 0 saturated carbocycles. The summed E-state index contributed by atoms with van der Waals surface area (Å²) in [5, 5.41) is 12.0. The predicted molar refractivity (Wildman–Crippen MR) is 63.0 cm³/mol. The van der Waals surface area contributed by atoms with Crippen LogP contribution in [0.15, 0.2) is 0 Å². The molecule has 0 aliphatic carbocycles. The van der Waals surface area contributed by atoms with Gasteiger partial charge in [0, 0.05) is 20.3 Å². The van der Waals surface area contributed by atoms with E-state index in [2.05, 4.69) is 5.32 Å². The zero-order valence-electron chi connectivity index (χ0n) is 10.2. The van der Waals surface area contributed by atoms with Gasteiger partial charge in [-0.2, -0.15) is 0 Å². The van der Waals surface area contributed by atoms with Crippen molar-refractivity contribution in [2.75, 3.05) is 20.3 Å². The van der Waals surface area contributed by atoms with Gasteiger partial charge in [-0.3, -0.25) is 4.79 Å². The molecule has 0 rings (SSSR count). The Hall–Kier alpha value is -0.650. The highest BCUT2D eigenvalue weighted by Gasteiger charge is 2.12. The minimum atomic E-state index is -0.478. The second-order valence-electron chi connectivity index (χ2n) is 3.88. The van der Waals surface area contributed by atoms with Gasteiger partial charge < -0.3 is 20.9 Å². The van der Waals surface area contributed by atoms with Crippen LogP contribution in [-0.2, 0) is 9.53 Å². The lowest BCUT2D eigenvalue weighted by Gasteiger charge is -2.13. The molecule has 5 nitrogen and oxygen atoms in total. The molecule has 0 aromatic heterocycles. The predicted octanol–water partition coefficient (Wildman–Crippen LogP) is 0.0175. The molecular formula is C11H24N2O3. The number of nitrogens with two attached hydrogens (primary N) is 1. The van der Waals surface area contributed by atoms with Crippen molar-refractivity contribution in [3.05, 3.63) is 0 Å². The lowest BCUT2D eigenvalue weighted by Crippen LogP contribution is -2.41. The molecule has 0 saturated heterocycles. The van der Waals surface area contributed by atoms with E-state index >= 15 is 0 Å². The highest BCUT2D eigenvalue weighted by molar-refractivity contribution is 5.81. The summed E-state index contributed by atoms with van der Waals surface area (Å²) in [4.78, 5) is 11.4. The van der Waals surface area contributed by atoms with E-state index in [1.165, 1.54) is 0 Å². The van der Waals surface area contributed by atoms with Gasteiger partial charge in [0.15, 0.2) is 0 Å². The summed E-state index contributed by atoms with van der Waals surface area (Å²) in [6, 6.07) is -0.478. The molecule has 2 unspecified atom stereocenters. The Kier molecular flexibility index (Phi) is 9.18. The third-order valence-electron chi connectivity index (χ3n) is 2.45. The molecule has 4 N–H and O–H groups in total. The molecule has 0 spiro atoms. The number of amides is 1. The normalized spacial score (nSPS) is 14.5. The topological polar surface area (TPSA) is 84.6 Å². The summed E-state index contributed by atoms with van der Waals surface area (Å²) >= 11 is 0. The van der Waals surface area contributed by atoms with Crippen LogP contribution in [0.1, 0.15) is 32.6 Å². The molecule has 5 heteroatoms. The van der Waals surface area contributed by atoms with E-state index in [-0.39, 0.29) is 12.0 Å². The lowest BCUT2D eigenvalue weighted by atomic mass is 10.1. The molecule has 0 aliphatic rings. The number of aliphatic hydroxyl groups excluding tert-OH is 1. The zero-order chi connectivity index (χ0) is 12.4. The van der Waals surface area contributed by atoms with Crippen molar-refractivity contribution in [2.45, 2.75) is 44.8 Å². The number of nitrogens with one attached hydrogen (secondary N) is 1. The minimum absolute atomic E-state index is 0.153. The van der Waals surface area contributed by atoms with Gasteiger partial charge in [0.1, 0.15) is 0 Å². The van der Waals surface area contributed by atoms with Crippen molar-refractivity contribution < 1.29 is 14.6 Å². The van der Waals surface area contributed by atoms with E-state index in [0.717, 1.165) is 6.42 Å². The summed E-state index contributed by atoms with van der Waals surface area (Å²) < 4.78 is 4.88. The standard InChI is InChI=1S/C11H24N2O3/c1-3-9(14)6-7-13-11(15)10(12)5-4-8-16-2/h9-10,14H,3-8,12H2,1-2H3,(H,13,15). The third kappa shape index (κ3) is 7.62. The van der Waals surface area contributed by atoms with Crippen LogP contribution in [-0.4, -0.2) is 43.4 Å². The van der Waals surface area contributed by atoms with Gasteiger partial charge in [-0.25, -0.2) is 0 Å². The molecule has 0 fully saturated rings. The van der Waals surface area contributed by atoms with Crippen LogP contribution in [0.5, 0.6) is 0 Å². The SMILES string of the molecule is CCC(O)CCNC(=O)C(N)CCCOC. The number of hydrogen-bond acceptors (Lipinski definition) is 4. The zero-order valence-corrected chi connectivity index (χ0v) is 10.2. The third-order valence-corrected chi connectivity index (χ3v) is 2.45. The Morgan fingerprint density at radius 3 is 2.75 bits per heavy atom. The first-order valence-electron chi connectivity index (χ1n) is 5.82. The largest absolute Gasteiger partial charge is 0.393 e. The number of carbonyl (C=O) groups is 1. The molecule has 0 radical (unpaired) electrons. The van der Waals surface area contributed by atoms with Crippen LogP contribution in [0.4, 0.5) is 0 Å². The Bertz CT molecular complexity index is 188. The summed E-state index contributed by atoms with van der Waals surface area (Å²) in [6.07, 6.45) is 2.34. The first-order valence-corrected chi connectivity index (χ1v) is 5.82. The van der Waals surface area contributed by atoms with Crippen molar-refractivity contribution in [3.8, 4) is 0 Å². The van der Waals surface area contributed by atoms with Crippen molar-refractivity contribution in [2.24, 2.45) is 5.73 Å². The van der Waals surface area contributed by atoms with Gasteiger partial charge in [0.25, 0.3) is 0 Å². The van der Waals surface area contributed by atoms with Crippen molar-refractivity contribution in [3.63, 3.8) is 0 Å². The Labute approximate surface area is 97.3 Å². The number of methoxy groups -OCH3 is 1. The van der Waals surface area contributed by atoms with Crippen molar-refractivity contribution in [1.29, 1.82) is 0 Å². The van der Waals surface area contributed by atoms with Gasteiger partial charge in [-0.15, -0.1) is 0 Å². The fourth-order valence-electron chi connectivity index (χ4n) is 1.28. The van der Waals surface area contributed by atoms with E-state index in [4.69, 9.17) is 10.5 Å². The number of aliphatic hydroxyl groups is 1. The van der Waals surface area contributed by atoms with Crippen molar-refractivity contribution in [1.82, 2.24) is 5.32 Å². The summed E-state index contributed by atoms with van der Waals surface area (Å²) in [6.45, 7) is 3.00. The maximum absolute atomic E-state index is 11.4. The van der Waals surface area contributed by atoms with Gasteiger partial charge in [-0.1, -0.05) is 6.92 Å². The summed E-state index contributed by atoms with van der Waals surface area (Å²) in [7, 11) is 1.62. The molecule has 1 amide bonds. The van der Waals surface area contributed by atoms with Crippen LogP contribution in [0.3, 0.4) is 0 Å². The van der Waals surface area contributed by atoms with Gasteiger partial charge in [-0.05, 0) is 25.7 Å². The highest BCUT2D eigenvalue weighted by Crippen LogP contribution is 1.97. The molecular weight excluding hydrogens is 208 g/mol. The summed E-state index contributed by atoms with van der Waals surface area (Å²) in [5.74, 6) is -0.153. The van der Waals surface area contributed by atoms with Crippen molar-refractivity contribution >= 4 is 5.91 Å². The maximum atomic E-state index is 11.4. The second kappa shape index (κ2) is 9.57. The molecule has 0 bridgehead atoms. The molecule has 16 heavy (non-hydrogen) atoms. The smallest absolute Gasteiger partial charge is 0.236 e. The van der Waals surface area contributed by atoms with Crippen LogP contribution in [0.2, 0.25) is 0 Å².